The summed E-state index contributed by atoms with van der Waals surface area (Å²) in [5.41, 5.74) is 0.513. The quantitative estimate of drug-likeness (QED) is 0.433. The van der Waals surface area contributed by atoms with Crippen LogP contribution in [0.15, 0.2) is 65.2 Å². The number of H-pyrrole nitrogens is 1. The van der Waals surface area contributed by atoms with Gasteiger partial charge in [0.15, 0.2) is 5.82 Å². The minimum Gasteiger partial charge on any atom is -0.509 e. The van der Waals surface area contributed by atoms with Crippen molar-refractivity contribution in [2.45, 2.75) is 5.38 Å². The van der Waals surface area contributed by atoms with Crippen LogP contribution in [-0.4, -0.2) is 15.1 Å². The molecule has 1 heterocycles. The maximum atomic E-state index is 12.1. The number of hydrogen-bond donors (Lipinski definition) is 2. The number of aliphatic hydroxyl groups excluding tert-OH is 1. The molecule has 0 fully saturated rings. The van der Waals surface area contributed by atoms with Crippen LogP contribution in [-0.2, 0) is 0 Å². The number of para-hydroxylation sites is 1. The third-order valence-corrected chi connectivity index (χ3v) is 4.01. The van der Waals surface area contributed by atoms with Crippen LogP contribution in [0.1, 0.15) is 16.8 Å². The highest BCUT2D eigenvalue weighted by molar-refractivity contribution is 6.23. The van der Waals surface area contributed by atoms with E-state index in [-0.39, 0.29) is 22.7 Å². The molecular formula is C18H12ClN3O2. The number of alkyl halides is 1. The van der Waals surface area contributed by atoms with Crippen molar-refractivity contribution in [3.05, 3.63) is 82.1 Å². The molecular weight excluding hydrogens is 326 g/mol. The Morgan fingerprint density at radius 1 is 1.17 bits per heavy atom. The summed E-state index contributed by atoms with van der Waals surface area (Å²) in [6.07, 6.45) is 0. The van der Waals surface area contributed by atoms with Gasteiger partial charge in [-0.3, -0.25) is 4.79 Å². The minimum atomic E-state index is -0.919. The van der Waals surface area contributed by atoms with E-state index in [9.17, 15) is 15.2 Å². The topological polar surface area (TPSA) is 89.8 Å². The second-order valence-corrected chi connectivity index (χ2v) is 5.51. The van der Waals surface area contributed by atoms with Gasteiger partial charge in [-0.05, 0) is 17.7 Å². The first-order valence-corrected chi connectivity index (χ1v) is 7.57. The standard InChI is InChI=1S/C18H12ClN3O2/c19-15(11-6-2-1-3-7-11)16(23)13(10-20)17-21-14-9-5-4-8-12(14)18(24)22-17/h1-9,15,23H,(H,21,22,24). The predicted molar refractivity (Wildman–Crippen MR) is 92.6 cm³/mol. The monoisotopic (exact) mass is 337 g/mol. The second kappa shape index (κ2) is 6.57. The average Bonchev–Trinajstić information content (AvgIpc) is 2.62. The van der Waals surface area contributed by atoms with Gasteiger partial charge in [0.25, 0.3) is 5.56 Å². The number of fused-ring (bicyclic) bond motifs is 1. The Labute approximate surface area is 142 Å². The van der Waals surface area contributed by atoms with Gasteiger partial charge in [0.05, 0.1) is 10.9 Å². The van der Waals surface area contributed by atoms with Gasteiger partial charge in [-0.1, -0.05) is 42.5 Å². The molecule has 0 spiro atoms. The van der Waals surface area contributed by atoms with Crippen molar-refractivity contribution < 1.29 is 5.11 Å². The molecule has 0 bridgehead atoms. The summed E-state index contributed by atoms with van der Waals surface area (Å²) in [4.78, 5) is 18.9. The summed E-state index contributed by atoms with van der Waals surface area (Å²) in [6, 6.07) is 17.5. The number of halogens is 1. The fourth-order valence-electron chi connectivity index (χ4n) is 2.34. The van der Waals surface area contributed by atoms with Crippen LogP contribution in [0.25, 0.3) is 16.5 Å². The molecule has 5 nitrogen and oxygen atoms in total. The fraction of sp³-hybridized carbons (Fsp3) is 0.0556. The lowest BCUT2D eigenvalue weighted by molar-refractivity contribution is 0.397. The summed E-state index contributed by atoms with van der Waals surface area (Å²) < 4.78 is 0. The summed E-state index contributed by atoms with van der Waals surface area (Å²) >= 11 is 6.26. The molecule has 1 unspecified atom stereocenters. The zero-order valence-electron chi connectivity index (χ0n) is 12.4. The molecule has 6 heteroatoms. The minimum absolute atomic E-state index is 0.0136. The summed E-state index contributed by atoms with van der Waals surface area (Å²) in [7, 11) is 0. The number of allylic oxidation sites excluding steroid dienone is 2. The predicted octanol–water partition coefficient (Wildman–Crippen LogP) is 3.70. The third-order valence-electron chi connectivity index (χ3n) is 3.55. The van der Waals surface area contributed by atoms with Crippen LogP contribution in [0.5, 0.6) is 0 Å². The Morgan fingerprint density at radius 3 is 2.54 bits per heavy atom. The molecule has 2 aromatic carbocycles. The molecule has 0 saturated heterocycles. The van der Waals surface area contributed by atoms with Gasteiger partial charge < -0.3 is 10.1 Å². The van der Waals surface area contributed by atoms with Crippen molar-refractivity contribution in [1.29, 1.82) is 5.26 Å². The average molecular weight is 338 g/mol. The molecule has 0 aliphatic heterocycles. The Kier molecular flexibility index (Phi) is 4.32. The highest BCUT2D eigenvalue weighted by Gasteiger charge is 2.20. The van der Waals surface area contributed by atoms with Gasteiger partial charge in [0, 0.05) is 0 Å². The molecule has 24 heavy (non-hydrogen) atoms. The SMILES string of the molecule is N#CC(=C(O)C(Cl)c1ccccc1)c1nc2ccccc2c(=O)[nH]1. The zero-order valence-corrected chi connectivity index (χ0v) is 13.2. The molecule has 0 radical (unpaired) electrons. The number of nitrogens with one attached hydrogen (secondary N) is 1. The van der Waals surface area contributed by atoms with Crippen molar-refractivity contribution in [3.63, 3.8) is 0 Å². The van der Waals surface area contributed by atoms with Gasteiger partial charge >= 0.3 is 0 Å². The van der Waals surface area contributed by atoms with Crippen LogP contribution in [0.4, 0.5) is 0 Å². The van der Waals surface area contributed by atoms with Crippen molar-refractivity contribution in [1.82, 2.24) is 9.97 Å². The van der Waals surface area contributed by atoms with Crippen LogP contribution in [0, 0.1) is 11.3 Å². The first-order chi connectivity index (χ1) is 11.6. The number of aliphatic hydroxyl groups is 1. The highest BCUT2D eigenvalue weighted by atomic mass is 35.5. The van der Waals surface area contributed by atoms with Gasteiger partial charge in [-0.2, -0.15) is 5.26 Å². The molecule has 0 aliphatic rings. The van der Waals surface area contributed by atoms with Gasteiger partial charge in [-0.15, -0.1) is 11.6 Å². The lowest BCUT2D eigenvalue weighted by Gasteiger charge is -2.11. The van der Waals surface area contributed by atoms with Crippen molar-refractivity contribution in [2.75, 3.05) is 0 Å². The number of aromatic nitrogens is 2. The molecule has 2 N–H and O–H groups in total. The molecule has 1 atom stereocenters. The van der Waals surface area contributed by atoms with E-state index in [1.54, 1.807) is 48.5 Å². The van der Waals surface area contributed by atoms with Crippen LogP contribution < -0.4 is 5.56 Å². The van der Waals surface area contributed by atoms with Crippen molar-refractivity contribution >= 4 is 28.1 Å². The normalized spacial score (nSPS) is 13.2. The van der Waals surface area contributed by atoms with Crippen LogP contribution in [0.2, 0.25) is 0 Å². The first kappa shape index (κ1) is 15.8. The molecule has 0 amide bonds. The van der Waals surface area contributed by atoms with Gasteiger partial charge in [0.1, 0.15) is 22.8 Å². The van der Waals surface area contributed by atoms with E-state index >= 15 is 0 Å². The van der Waals surface area contributed by atoms with Crippen molar-refractivity contribution in [3.8, 4) is 6.07 Å². The molecule has 1 aromatic heterocycles. The number of rotatable bonds is 3. The summed E-state index contributed by atoms with van der Waals surface area (Å²) in [6.45, 7) is 0. The van der Waals surface area contributed by atoms with Gasteiger partial charge in [0.2, 0.25) is 0 Å². The Hall–Kier alpha value is -3.10. The Morgan fingerprint density at radius 2 is 1.83 bits per heavy atom. The van der Waals surface area contributed by atoms with E-state index in [1.807, 2.05) is 12.1 Å². The molecule has 0 aliphatic carbocycles. The largest absolute Gasteiger partial charge is 0.509 e. The number of nitriles is 1. The summed E-state index contributed by atoms with van der Waals surface area (Å²) in [5, 5.41) is 19.3. The van der Waals surface area contributed by atoms with E-state index in [2.05, 4.69) is 9.97 Å². The van der Waals surface area contributed by atoms with E-state index < -0.39 is 5.38 Å². The molecule has 0 saturated carbocycles. The Balaban J connectivity index is 2.15. The highest BCUT2D eigenvalue weighted by Crippen LogP contribution is 2.31. The zero-order chi connectivity index (χ0) is 17.1. The Bertz CT molecular complexity index is 1020. The van der Waals surface area contributed by atoms with Crippen molar-refractivity contribution in [2.24, 2.45) is 0 Å². The van der Waals surface area contributed by atoms with Crippen LogP contribution in [0.3, 0.4) is 0 Å². The molecule has 118 valence electrons. The maximum absolute atomic E-state index is 12.1. The van der Waals surface area contributed by atoms with Crippen LogP contribution >= 0.6 is 11.6 Å². The van der Waals surface area contributed by atoms with E-state index in [0.29, 0.717) is 16.5 Å². The lowest BCUT2D eigenvalue weighted by Crippen LogP contribution is -2.12. The number of benzene rings is 2. The lowest BCUT2D eigenvalue weighted by atomic mass is 10.1. The van der Waals surface area contributed by atoms with E-state index in [1.165, 1.54) is 0 Å². The summed E-state index contributed by atoms with van der Waals surface area (Å²) in [5.74, 6) is -0.371. The molecule has 3 aromatic rings. The number of hydrogen-bond acceptors (Lipinski definition) is 4. The third kappa shape index (κ3) is 2.87. The fourth-order valence-corrected chi connectivity index (χ4v) is 2.60. The smallest absolute Gasteiger partial charge is 0.259 e. The number of aromatic amines is 1. The van der Waals surface area contributed by atoms with Gasteiger partial charge in [-0.25, -0.2) is 4.98 Å². The molecule has 3 rings (SSSR count). The maximum Gasteiger partial charge on any atom is 0.259 e. The number of nitrogens with zero attached hydrogens (tertiary/aromatic N) is 2. The second-order valence-electron chi connectivity index (χ2n) is 5.08. The van der Waals surface area contributed by atoms with E-state index in [4.69, 9.17) is 11.6 Å². The first-order valence-electron chi connectivity index (χ1n) is 7.13. The van der Waals surface area contributed by atoms with E-state index in [0.717, 1.165) is 0 Å².